The summed E-state index contributed by atoms with van der Waals surface area (Å²) >= 11 is 0. The number of Topliss-reactive ketones (excluding diaryl/α,β-unsaturated/α-hetero) is 1. The van der Waals surface area contributed by atoms with Crippen LogP contribution in [0.1, 0.15) is 107 Å². The van der Waals surface area contributed by atoms with Gasteiger partial charge in [-0.25, -0.2) is 8.42 Å². The molecule has 0 spiro atoms. The van der Waals surface area contributed by atoms with Crippen molar-refractivity contribution in [2.24, 2.45) is 0 Å². The number of ketones is 1. The number of benzene rings is 3. The highest BCUT2D eigenvalue weighted by Gasteiger charge is 2.45. The van der Waals surface area contributed by atoms with Crippen LogP contribution < -0.4 is 4.90 Å². The molecular weight excluding hydrogens is 917 g/mol. The lowest BCUT2D eigenvalue weighted by Gasteiger charge is -2.28. The zero-order valence-electron chi connectivity index (χ0n) is 36.8. The van der Waals surface area contributed by atoms with Crippen LogP contribution in [0.2, 0.25) is 0 Å². The minimum atomic E-state index is -4.54. The molecule has 3 aliphatic rings. The molecule has 0 aromatic heterocycles. The largest absolute Gasteiger partial charge is 0.748 e. The quantitative estimate of drug-likeness (QED) is 0.0512. The fourth-order valence-corrected chi connectivity index (χ4v) is 11.2. The first kappa shape index (κ1) is 49.8. The van der Waals surface area contributed by atoms with E-state index >= 15 is 0 Å². The molecule has 0 fully saturated rings. The van der Waals surface area contributed by atoms with Crippen LogP contribution in [0.25, 0.3) is 5.57 Å². The van der Waals surface area contributed by atoms with Crippen LogP contribution in [0.3, 0.4) is 0 Å². The maximum absolute atomic E-state index is 12.3. The van der Waals surface area contributed by atoms with Gasteiger partial charge in [-0.05, 0) is 124 Å². The Morgan fingerprint density at radius 2 is 1.35 bits per heavy atom. The second kappa shape index (κ2) is 18.6. The van der Waals surface area contributed by atoms with Gasteiger partial charge < -0.3 is 9.45 Å². The molecule has 3 aromatic carbocycles. The van der Waals surface area contributed by atoms with Gasteiger partial charge >= 0.3 is 0 Å². The molecule has 3 N–H and O–H groups in total. The molecule has 0 saturated carbocycles. The Labute approximate surface area is 382 Å². The third kappa shape index (κ3) is 11.3. The van der Waals surface area contributed by atoms with Gasteiger partial charge in [-0.15, -0.1) is 0 Å². The Morgan fingerprint density at radius 1 is 0.738 bits per heavy atom. The molecular formula is C46H54N2O13S4. The summed E-state index contributed by atoms with van der Waals surface area (Å²) in [6.07, 6.45) is 11.0. The van der Waals surface area contributed by atoms with E-state index in [9.17, 15) is 56.7 Å². The maximum atomic E-state index is 12.3. The molecule has 0 bridgehead atoms. The van der Waals surface area contributed by atoms with E-state index in [1.54, 1.807) is 24.3 Å². The molecule has 65 heavy (non-hydrogen) atoms. The Hall–Kier alpha value is -4.60. The summed E-state index contributed by atoms with van der Waals surface area (Å²) in [5.41, 5.74) is 6.71. The number of anilines is 1. The molecule has 350 valence electrons. The lowest BCUT2D eigenvalue weighted by molar-refractivity contribution is -0.438. The van der Waals surface area contributed by atoms with Gasteiger partial charge in [0.2, 0.25) is 5.69 Å². The molecule has 0 radical (unpaired) electrons. The second-order valence-electron chi connectivity index (χ2n) is 17.7. The molecule has 6 rings (SSSR count). The predicted molar refractivity (Wildman–Crippen MR) is 248 cm³/mol. The zero-order valence-corrected chi connectivity index (χ0v) is 40.1. The van der Waals surface area contributed by atoms with Crippen LogP contribution in [0, 0.1) is 0 Å². The molecule has 1 aliphatic carbocycles. The minimum absolute atomic E-state index is 0.101. The Bertz CT molecular complexity index is 3030. The smallest absolute Gasteiger partial charge is 0.294 e. The molecule has 2 aliphatic heterocycles. The molecule has 3 aromatic rings. The van der Waals surface area contributed by atoms with Gasteiger partial charge in [0.1, 0.15) is 6.54 Å². The van der Waals surface area contributed by atoms with Gasteiger partial charge in [-0.2, -0.15) is 29.8 Å². The SMILES string of the molecule is CC(=O)c1ccc(C2=C(/C=C/C3=[N+](CCCCS(=O)(=O)O)c4ccc(S(=O)(=O)O)cc4C3(C)C)CCC/C2=C\C=C2\N(CCCCS(=O)(=O)[O-])c3ccc(S(=O)(=O)O)cc3C2(C)C)cc1. The number of unbranched alkanes of at least 4 members (excludes halogenated alkanes) is 2. The van der Waals surface area contributed by atoms with Gasteiger partial charge in [0.05, 0.1) is 31.1 Å². The number of fused-ring (bicyclic) bond motifs is 2. The molecule has 0 atom stereocenters. The van der Waals surface area contributed by atoms with Crippen molar-refractivity contribution in [2.75, 3.05) is 29.5 Å². The third-order valence-corrected chi connectivity index (χ3v) is 15.7. The lowest BCUT2D eigenvalue weighted by atomic mass is 9.79. The number of allylic oxidation sites excluding steroid dienone is 8. The van der Waals surface area contributed by atoms with Crippen molar-refractivity contribution in [2.45, 2.75) is 100 Å². The molecule has 15 nitrogen and oxygen atoms in total. The van der Waals surface area contributed by atoms with Gasteiger partial charge in [-0.3, -0.25) is 18.5 Å². The summed E-state index contributed by atoms with van der Waals surface area (Å²) in [6.45, 7) is 9.83. The van der Waals surface area contributed by atoms with E-state index in [2.05, 4.69) is 0 Å². The first-order chi connectivity index (χ1) is 30.1. The number of rotatable bonds is 17. The number of hydrogen-bond donors (Lipinski definition) is 3. The van der Waals surface area contributed by atoms with Gasteiger partial charge in [0, 0.05) is 58.8 Å². The summed E-state index contributed by atoms with van der Waals surface area (Å²) in [4.78, 5) is 13.8. The van der Waals surface area contributed by atoms with E-state index in [1.807, 2.05) is 73.6 Å². The van der Waals surface area contributed by atoms with Crippen molar-refractivity contribution in [3.8, 4) is 0 Å². The van der Waals surface area contributed by atoms with Crippen LogP contribution in [-0.4, -0.2) is 92.5 Å². The van der Waals surface area contributed by atoms with E-state index in [0.29, 0.717) is 66.8 Å². The van der Waals surface area contributed by atoms with Gasteiger partial charge in [-0.1, -0.05) is 50.3 Å². The van der Waals surface area contributed by atoms with Crippen LogP contribution in [-0.2, 0) is 51.3 Å². The van der Waals surface area contributed by atoms with E-state index in [-0.39, 0.29) is 28.4 Å². The zero-order chi connectivity index (χ0) is 47.9. The number of hydrogen-bond acceptors (Lipinski definition) is 11. The molecule has 0 unspecified atom stereocenters. The summed E-state index contributed by atoms with van der Waals surface area (Å²) in [5, 5.41) is 0. The third-order valence-electron chi connectivity index (χ3n) is 12.4. The van der Waals surface area contributed by atoms with Crippen molar-refractivity contribution < 1.29 is 61.3 Å². The number of carbonyl (C=O) groups excluding carboxylic acids is 1. The van der Waals surface area contributed by atoms with Crippen LogP contribution >= 0.6 is 0 Å². The van der Waals surface area contributed by atoms with Crippen molar-refractivity contribution in [1.82, 2.24) is 0 Å². The fourth-order valence-electron chi connectivity index (χ4n) is 9.08. The van der Waals surface area contributed by atoms with Crippen molar-refractivity contribution in [3.63, 3.8) is 0 Å². The van der Waals surface area contributed by atoms with E-state index in [4.69, 9.17) is 0 Å². The van der Waals surface area contributed by atoms with E-state index < -0.39 is 62.8 Å². The summed E-state index contributed by atoms with van der Waals surface area (Å²) < 4.78 is 138. The highest BCUT2D eigenvalue weighted by Crippen LogP contribution is 2.49. The Balaban J connectivity index is 1.49. The lowest BCUT2D eigenvalue weighted by Crippen LogP contribution is -2.28. The van der Waals surface area contributed by atoms with Gasteiger partial charge in [0.25, 0.3) is 30.4 Å². The molecule has 0 amide bonds. The highest BCUT2D eigenvalue weighted by molar-refractivity contribution is 7.86. The van der Waals surface area contributed by atoms with E-state index in [1.165, 1.54) is 31.2 Å². The first-order valence-corrected chi connectivity index (χ1v) is 27.2. The topological polar surface area (TPSA) is 244 Å². The summed E-state index contributed by atoms with van der Waals surface area (Å²) in [7, 11) is -17.7. The number of carbonyl (C=O) groups is 1. The standard InChI is InChI=1S/C46H54N2O13S4/c1-31(49)32-13-15-35(16-14-32)44-33(17-23-42-45(2,3)38-29-36(64(56,57)58)19-21-40(38)47(42)25-6-8-27-62(50,51)52)11-10-12-34(44)18-24-43-46(4,5)39-30-37(65(59,60)61)20-22-41(39)48(43)26-7-9-28-63(53,54)55/h13-24,29-30H,6-12,25-28H2,1-5H3,(H3-,50,51,52,53,54,55,56,57,58,59,60,61). The van der Waals surface area contributed by atoms with Crippen LogP contribution in [0.15, 0.2) is 112 Å². The Kier molecular flexibility index (Phi) is 14.2. The Morgan fingerprint density at radius 3 is 1.95 bits per heavy atom. The van der Waals surface area contributed by atoms with Gasteiger partial charge in [0.15, 0.2) is 11.5 Å². The van der Waals surface area contributed by atoms with E-state index in [0.717, 1.165) is 40.1 Å². The summed E-state index contributed by atoms with van der Waals surface area (Å²) in [6, 6.07) is 16.0. The maximum Gasteiger partial charge on any atom is 0.294 e. The number of nitrogens with zero attached hydrogens (tertiary/aromatic N) is 2. The average Bonchev–Trinajstić information content (AvgIpc) is 3.55. The minimum Gasteiger partial charge on any atom is -0.748 e. The molecule has 19 heteroatoms. The average molecular weight is 971 g/mol. The normalized spacial score (nSPS) is 18.9. The molecule has 0 saturated heterocycles. The summed E-state index contributed by atoms with van der Waals surface area (Å²) in [5.74, 6) is -1.06. The highest BCUT2D eigenvalue weighted by atomic mass is 32.2. The van der Waals surface area contributed by atoms with Crippen molar-refractivity contribution >= 4 is 68.9 Å². The van der Waals surface area contributed by atoms with Crippen molar-refractivity contribution in [1.29, 1.82) is 0 Å². The predicted octanol–water partition coefficient (Wildman–Crippen LogP) is 7.55. The monoisotopic (exact) mass is 970 g/mol. The van der Waals surface area contributed by atoms with Crippen LogP contribution in [0.4, 0.5) is 11.4 Å². The van der Waals surface area contributed by atoms with Crippen LogP contribution in [0.5, 0.6) is 0 Å². The molecule has 2 heterocycles. The fraction of sp³-hybridized carbons (Fsp3) is 0.391. The van der Waals surface area contributed by atoms with Crippen molar-refractivity contribution in [3.05, 3.63) is 124 Å². The first-order valence-electron chi connectivity index (χ1n) is 21.1. The second-order valence-corrected chi connectivity index (χ2v) is 23.6.